The first kappa shape index (κ1) is 11.7. The molecule has 0 radical (unpaired) electrons. The molecule has 0 N–H and O–H groups in total. The number of para-hydroxylation sites is 2. The highest BCUT2D eigenvalue weighted by molar-refractivity contribution is 6.07. The van der Waals surface area contributed by atoms with Gasteiger partial charge in [0.15, 0.2) is 0 Å². The van der Waals surface area contributed by atoms with E-state index in [0.29, 0.717) is 12.2 Å². The normalized spacial score (nSPS) is 19.8. The largest absolute Gasteiger partial charge is 0.456 e. The molecule has 1 saturated carbocycles. The minimum Gasteiger partial charge on any atom is -0.456 e. The number of hydrogen-bond acceptors (Lipinski definition) is 2. The molecule has 0 spiro atoms. The van der Waals surface area contributed by atoms with Gasteiger partial charge in [-0.05, 0) is 18.9 Å². The molecule has 3 aromatic rings. The Morgan fingerprint density at radius 2 is 1.80 bits per heavy atom. The molecule has 1 unspecified atom stereocenters. The van der Waals surface area contributed by atoms with Crippen molar-refractivity contribution in [2.75, 3.05) is 0 Å². The van der Waals surface area contributed by atoms with Crippen molar-refractivity contribution in [3.63, 3.8) is 0 Å². The molecule has 4 rings (SSSR count). The summed E-state index contributed by atoms with van der Waals surface area (Å²) < 4.78 is 6.03. The Kier molecular flexibility index (Phi) is 2.62. The quantitative estimate of drug-likeness (QED) is 0.631. The lowest BCUT2D eigenvalue weighted by molar-refractivity contribution is -0.121. The van der Waals surface area contributed by atoms with E-state index in [-0.39, 0.29) is 5.92 Å². The van der Waals surface area contributed by atoms with E-state index >= 15 is 0 Å². The summed E-state index contributed by atoms with van der Waals surface area (Å²) in [6.07, 6.45) is 3.83. The van der Waals surface area contributed by atoms with Crippen molar-refractivity contribution in [2.45, 2.75) is 31.6 Å². The van der Waals surface area contributed by atoms with E-state index in [1.165, 1.54) is 0 Å². The molecular formula is C18H16O2. The van der Waals surface area contributed by atoms with E-state index < -0.39 is 0 Å². The predicted octanol–water partition coefficient (Wildman–Crippen LogP) is 4.81. The smallest absolute Gasteiger partial charge is 0.140 e. The number of ketones is 1. The summed E-state index contributed by atoms with van der Waals surface area (Å²) >= 11 is 0. The lowest BCUT2D eigenvalue weighted by atomic mass is 9.82. The molecule has 1 aliphatic rings. The molecule has 0 amide bonds. The third-order valence-corrected chi connectivity index (χ3v) is 4.36. The maximum atomic E-state index is 12.2. The molecule has 0 saturated heterocycles. The number of fused-ring (bicyclic) bond motifs is 3. The Morgan fingerprint density at radius 3 is 2.70 bits per heavy atom. The van der Waals surface area contributed by atoms with Gasteiger partial charge in [-0.2, -0.15) is 0 Å². The number of rotatable bonds is 1. The minimum absolute atomic E-state index is 0.0213. The zero-order valence-corrected chi connectivity index (χ0v) is 11.3. The number of carbonyl (C=O) groups is 1. The second kappa shape index (κ2) is 4.48. The highest BCUT2D eigenvalue weighted by Crippen LogP contribution is 2.37. The fourth-order valence-corrected chi connectivity index (χ4v) is 3.36. The van der Waals surface area contributed by atoms with Gasteiger partial charge in [0.25, 0.3) is 0 Å². The third-order valence-electron chi connectivity index (χ3n) is 4.36. The summed E-state index contributed by atoms with van der Waals surface area (Å²) in [5.41, 5.74) is 2.87. The first-order chi connectivity index (χ1) is 9.84. The molecule has 20 heavy (non-hydrogen) atoms. The van der Waals surface area contributed by atoms with E-state index in [0.717, 1.165) is 46.8 Å². The van der Waals surface area contributed by atoms with Gasteiger partial charge in [-0.3, -0.25) is 4.79 Å². The highest BCUT2D eigenvalue weighted by Gasteiger charge is 2.26. The number of furan rings is 1. The van der Waals surface area contributed by atoms with E-state index in [9.17, 15) is 4.79 Å². The molecule has 0 bridgehead atoms. The second-order valence-corrected chi connectivity index (χ2v) is 5.59. The SMILES string of the molecule is O=C1CCCCC1c1cccc2c1oc1ccccc12. The lowest BCUT2D eigenvalue weighted by Crippen LogP contribution is -2.17. The molecule has 1 atom stereocenters. The molecule has 100 valence electrons. The van der Waals surface area contributed by atoms with E-state index in [2.05, 4.69) is 18.2 Å². The maximum Gasteiger partial charge on any atom is 0.140 e. The van der Waals surface area contributed by atoms with Crippen molar-refractivity contribution in [3.8, 4) is 0 Å². The van der Waals surface area contributed by atoms with Crippen molar-refractivity contribution < 1.29 is 9.21 Å². The second-order valence-electron chi connectivity index (χ2n) is 5.59. The standard InChI is InChI=1S/C18H16O2/c19-16-10-3-1-6-12(16)14-8-5-9-15-13-7-2-4-11-17(13)20-18(14)15/h2,4-5,7-9,11-12H,1,3,6,10H2. The number of Topliss-reactive ketones (excluding diaryl/α,β-unsaturated/α-hetero) is 1. The van der Waals surface area contributed by atoms with Crippen LogP contribution >= 0.6 is 0 Å². The van der Waals surface area contributed by atoms with Crippen LogP contribution in [-0.2, 0) is 4.79 Å². The van der Waals surface area contributed by atoms with Gasteiger partial charge in [0, 0.05) is 28.7 Å². The van der Waals surface area contributed by atoms with Gasteiger partial charge < -0.3 is 4.42 Å². The van der Waals surface area contributed by atoms with Crippen LogP contribution in [0.15, 0.2) is 46.9 Å². The van der Waals surface area contributed by atoms with Crippen molar-refractivity contribution >= 4 is 27.7 Å². The molecule has 1 aliphatic carbocycles. The average Bonchev–Trinajstić information content (AvgIpc) is 2.86. The Bertz CT molecular complexity index is 797. The first-order valence-electron chi connectivity index (χ1n) is 7.27. The Balaban J connectivity index is 1.97. The van der Waals surface area contributed by atoms with Crippen molar-refractivity contribution in [2.24, 2.45) is 0 Å². The van der Waals surface area contributed by atoms with Gasteiger partial charge in [0.1, 0.15) is 16.9 Å². The highest BCUT2D eigenvalue weighted by atomic mass is 16.3. The zero-order chi connectivity index (χ0) is 13.5. The van der Waals surface area contributed by atoms with Crippen molar-refractivity contribution in [1.82, 2.24) is 0 Å². The Morgan fingerprint density at radius 1 is 0.950 bits per heavy atom. The van der Waals surface area contributed by atoms with Crippen molar-refractivity contribution in [1.29, 1.82) is 0 Å². The molecule has 1 aromatic heterocycles. The number of carbonyl (C=O) groups excluding carboxylic acids is 1. The van der Waals surface area contributed by atoms with Crippen LogP contribution in [0.1, 0.15) is 37.2 Å². The first-order valence-corrected chi connectivity index (χ1v) is 7.27. The fraction of sp³-hybridized carbons (Fsp3) is 0.278. The van der Waals surface area contributed by atoms with Gasteiger partial charge >= 0.3 is 0 Å². The van der Waals surface area contributed by atoms with Crippen LogP contribution in [0.5, 0.6) is 0 Å². The number of benzene rings is 2. The van der Waals surface area contributed by atoms with Gasteiger partial charge in [-0.25, -0.2) is 0 Å². The van der Waals surface area contributed by atoms with Gasteiger partial charge in [0.05, 0.1) is 0 Å². The third kappa shape index (κ3) is 1.68. The molecule has 2 heteroatoms. The molecule has 1 heterocycles. The number of hydrogen-bond donors (Lipinski definition) is 0. The summed E-state index contributed by atoms with van der Waals surface area (Å²) in [4.78, 5) is 12.2. The average molecular weight is 264 g/mol. The van der Waals surface area contributed by atoms with Crippen LogP contribution in [0, 0.1) is 0 Å². The van der Waals surface area contributed by atoms with Crippen LogP contribution in [0.3, 0.4) is 0 Å². The van der Waals surface area contributed by atoms with Gasteiger partial charge in [-0.1, -0.05) is 42.8 Å². The van der Waals surface area contributed by atoms with E-state index in [1.54, 1.807) is 0 Å². The van der Waals surface area contributed by atoms with Crippen LogP contribution in [0.2, 0.25) is 0 Å². The lowest BCUT2D eigenvalue weighted by Gasteiger charge is -2.20. The molecular weight excluding hydrogens is 248 g/mol. The van der Waals surface area contributed by atoms with Gasteiger partial charge in [0.2, 0.25) is 0 Å². The summed E-state index contributed by atoms with van der Waals surface area (Å²) in [6.45, 7) is 0. The topological polar surface area (TPSA) is 30.2 Å². The maximum absolute atomic E-state index is 12.2. The van der Waals surface area contributed by atoms with E-state index in [4.69, 9.17) is 4.42 Å². The van der Waals surface area contributed by atoms with Crippen LogP contribution in [-0.4, -0.2) is 5.78 Å². The predicted molar refractivity (Wildman–Crippen MR) is 79.9 cm³/mol. The minimum atomic E-state index is 0.0213. The zero-order valence-electron chi connectivity index (χ0n) is 11.3. The summed E-state index contributed by atoms with van der Waals surface area (Å²) in [6, 6.07) is 14.2. The monoisotopic (exact) mass is 264 g/mol. The fourth-order valence-electron chi connectivity index (χ4n) is 3.36. The molecule has 1 fully saturated rings. The summed E-state index contributed by atoms with van der Waals surface area (Å²) in [7, 11) is 0. The van der Waals surface area contributed by atoms with Crippen LogP contribution in [0.4, 0.5) is 0 Å². The molecule has 0 aliphatic heterocycles. The van der Waals surface area contributed by atoms with Crippen LogP contribution in [0.25, 0.3) is 21.9 Å². The molecule has 2 nitrogen and oxygen atoms in total. The van der Waals surface area contributed by atoms with Gasteiger partial charge in [-0.15, -0.1) is 0 Å². The summed E-state index contributed by atoms with van der Waals surface area (Å²) in [5.74, 6) is 0.386. The van der Waals surface area contributed by atoms with Crippen molar-refractivity contribution in [3.05, 3.63) is 48.0 Å². The Hall–Kier alpha value is -2.09. The van der Waals surface area contributed by atoms with Crippen LogP contribution < -0.4 is 0 Å². The summed E-state index contributed by atoms with van der Waals surface area (Å²) in [5, 5.41) is 2.25. The molecule has 2 aromatic carbocycles. The van der Waals surface area contributed by atoms with E-state index in [1.807, 2.05) is 24.3 Å². The Labute approximate surface area is 117 Å².